The van der Waals surface area contributed by atoms with Gasteiger partial charge in [-0.2, -0.15) is 0 Å². The van der Waals surface area contributed by atoms with Crippen LogP contribution in [-0.2, 0) is 23.5 Å². The Bertz CT molecular complexity index is 1300. The van der Waals surface area contributed by atoms with E-state index in [0.29, 0.717) is 16.6 Å². The van der Waals surface area contributed by atoms with Crippen molar-refractivity contribution in [1.82, 2.24) is 15.3 Å². The molecule has 7 nitrogen and oxygen atoms in total. The second-order valence-electron chi connectivity index (χ2n) is 10.7. The van der Waals surface area contributed by atoms with E-state index < -0.39 is 17.7 Å². The summed E-state index contributed by atoms with van der Waals surface area (Å²) in [7, 11) is 0. The van der Waals surface area contributed by atoms with Crippen LogP contribution in [0, 0.1) is 19.8 Å². The predicted octanol–water partition coefficient (Wildman–Crippen LogP) is 6.97. The number of carbonyl (C=O) groups excluding carboxylic acids is 1. The molecule has 3 rings (SSSR count). The van der Waals surface area contributed by atoms with Crippen molar-refractivity contribution in [3.8, 4) is 11.1 Å². The minimum absolute atomic E-state index is 0.0308. The molecule has 0 saturated heterocycles. The molecule has 0 spiro atoms. The molecule has 38 heavy (non-hydrogen) atoms. The van der Waals surface area contributed by atoms with E-state index in [1.54, 1.807) is 12.1 Å². The highest BCUT2D eigenvalue weighted by atomic mass is 32.2. The first kappa shape index (κ1) is 29.2. The van der Waals surface area contributed by atoms with Gasteiger partial charge in [0.15, 0.2) is 5.69 Å². The molecule has 0 atom stereocenters. The SMILES string of the molecule is Cc1ccc(-c2c(CSc3cccnc3C(=O)O)c(C)nc(CC(C)C)c2CNC(=O)OC(C)(C)C)cc1. The molecule has 2 heterocycles. The number of thioether (sulfide) groups is 1. The van der Waals surface area contributed by atoms with Crippen molar-refractivity contribution in [1.29, 1.82) is 0 Å². The number of amides is 1. The molecule has 0 saturated carbocycles. The summed E-state index contributed by atoms with van der Waals surface area (Å²) in [6, 6.07) is 11.8. The van der Waals surface area contributed by atoms with Gasteiger partial charge in [-0.1, -0.05) is 43.7 Å². The Morgan fingerprint density at radius 3 is 2.37 bits per heavy atom. The number of alkyl carbamates (subject to hydrolysis) is 1. The highest BCUT2D eigenvalue weighted by Crippen LogP contribution is 2.37. The van der Waals surface area contributed by atoms with Crippen molar-refractivity contribution in [3.63, 3.8) is 0 Å². The molecule has 0 fully saturated rings. The third-order valence-electron chi connectivity index (χ3n) is 5.79. The van der Waals surface area contributed by atoms with Gasteiger partial charge in [-0.3, -0.25) is 4.98 Å². The average molecular weight is 536 g/mol. The number of benzene rings is 1. The maximum absolute atomic E-state index is 12.6. The Morgan fingerprint density at radius 1 is 1.08 bits per heavy atom. The Labute approximate surface area is 229 Å². The first-order valence-electron chi connectivity index (χ1n) is 12.7. The van der Waals surface area contributed by atoms with E-state index >= 15 is 0 Å². The van der Waals surface area contributed by atoms with E-state index in [9.17, 15) is 14.7 Å². The zero-order valence-electron chi connectivity index (χ0n) is 23.2. The second-order valence-corrected chi connectivity index (χ2v) is 11.8. The molecule has 0 aliphatic rings. The van der Waals surface area contributed by atoms with Crippen LogP contribution in [0.2, 0.25) is 0 Å². The predicted molar refractivity (Wildman–Crippen MR) is 152 cm³/mol. The summed E-state index contributed by atoms with van der Waals surface area (Å²) in [4.78, 5) is 34.0. The van der Waals surface area contributed by atoms with Gasteiger partial charge >= 0.3 is 12.1 Å². The van der Waals surface area contributed by atoms with Crippen LogP contribution in [0.4, 0.5) is 4.79 Å². The largest absolute Gasteiger partial charge is 0.476 e. The number of hydrogen-bond donors (Lipinski definition) is 2. The van der Waals surface area contributed by atoms with Crippen molar-refractivity contribution >= 4 is 23.8 Å². The van der Waals surface area contributed by atoms with E-state index in [4.69, 9.17) is 9.72 Å². The molecule has 0 aliphatic heterocycles. The van der Waals surface area contributed by atoms with Crippen molar-refractivity contribution < 1.29 is 19.4 Å². The van der Waals surface area contributed by atoms with E-state index in [2.05, 4.69) is 48.4 Å². The lowest BCUT2D eigenvalue weighted by molar-refractivity contribution is 0.0523. The third-order valence-corrected chi connectivity index (χ3v) is 6.86. The molecule has 0 unspecified atom stereocenters. The van der Waals surface area contributed by atoms with Crippen LogP contribution in [0.1, 0.15) is 73.2 Å². The fraction of sp³-hybridized carbons (Fsp3) is 0.400. The number of nitrogens with one attached hydrogen (secondary N) is 1. The van der Waals surface area contributed by atoms with Gasteiger partial charge in [-0.05, 0) is 75.8 Å². The lowest BCUT2D eigenvalue weighted by atomic mass is 9.90. The summed E-state index contributed by atoms with van der Waals surface area (Å²) < 4.78 is 5.50. The standard InChI is InChI=1S/C30H37N3O4S/c1-18(2)15-24-22(16-32-29(36)37-30(5,6)7)26(21-12-10-19(3)11-13-21)23(20(4)33-24)17-38-25-9-8-14-31-27(25)28(34)35/h8-14,18H,15-17H2,1-7H3,(H,32,36)(H,34,35). The van der Waals surface area contributed by atoms with Crippen LogP contribution >= 0.6 is 11.8 Å². The minimum atomic E-state index is -1.06. The quantitative estimate of drug-likeness (QED) is 0.285. The Hall–Kier alpha value is -3.39. The number of carboxylic acid groups (broad SMARTS) is 1. The number of carbonyl (C=O) groups is 2. The van der Waals surface area contributed by atoms with Gasteiger partial charge in [0.1, 0.15) is 5.60 Å². The van der Waals surface area contributed by atoms with E-state index in [-0.39, 0.29) is 12.2 Å². The molecule has 0 radical (unpaired) electrons. The lowest BCUT2D eigenvalue weighted by Crippen LogP contribution is -2.32. The summed E-state index contributed by atoms with van der Waals surface area (Å²) in [6.45, 7) is 14.1. The van der Waals surface area contributed by atoms with Crippen molar-refractivity contribution in [3.05, 3.63) is 76.4 Å². The monoisotopic (exact) mass is 535 g/mol. The van der Waals surface area contributed by atoms with Crippen LogP contribution < -0.4 is 5.32 Å². The van der Waals surface area contributed by atoms with E-state index in [1.807, 2.05) is 34.6 Å². The summed E-state index contributed by atoms with van der Waals surface area (Å²) in [5.41, 5.74) is 6.35. The zero-order valence-corrected chi connectivity index (χ0v) is 24.0. The Kier molecular flexibility index (Phi) is 9.55. The Morgan fingerprint density at radius 2 is 1.76 bits per heavy atom. The fourth-order valence-corrected chi connectivity index (χ4v) is 5.23. The molecule has 0 aliphatic carbocycles. The minimum Gasteiger partial charge on any atom is -0.476 e. The highest BCUT2D eigenvalue weighted by molar-refractivity contribution is 7.98. The second kappa shape index (κ2) is 12.4. The third kappa shape index (κ3) is 7.81. The summed E-state index contributed by atoms with van der Waals surface area (Å²) in [5.74, 6) is -0.201. The summed E-state index contributed by atoms with van der Waals surface area (Å²) in [5, 5.41) is 12.5. The van der Waals surface area contributed by atoms with Gasteiger partial charge in [0, 0.05) is 40.3 Å². The van der Waals surface area contributed by atoms with Crippen LogP contribution in [-0.4, -0.2) is 32.7 Å². The topological polar surface area (TPSA) is 101 Å². The fourth-order valence-electron chi connectivity index (χ4n) is 4.13. The molecule has 2 aromatic heterocycles. The zero-order chi connectivity index (χ0) is 28.0. The van der Waals surface area contributed by atoms with Gasteiger partial charge in [0.05, 0.1) is 0 Å². The lowest BCUT2D eigenvalue weighted by Gasteiger charge is -2.23. The molecule has 3 aromatic rings. The number of nitrogens with zero attached hydrogens (tertiary/aromatic N) is 2. The van der Waals surface area contributed by atoms with Gasteiger partial charge in [0.25, 0.3) is 0 Å². The molecule has 202 valence electrons. The van der Waals surface area contributed by atoms with Gasteiger partial charge in [-0.25, -0.2) is 14.6 Å². The summed E-state index contributed by atoms with van der Waals surface area (Å²) in [6.07, 6.45) is 1.75. The van der Waals surface area contributed by atoms with E-state index in [1.165, 1.54) is 18.0 Å². The molecule has 1 amide bonds. The Balaban J connectivity index is 2.13. The normalized spacial score (nSPS) is 11.5. The number of pyridine rings is 2. The molecule has 0 bridgehead atoms. The average Bonchev–Trinajstić information content (AvgIpc) is 2.81. The van der Waals surface area contributed by atoms with Crippen molar-refractivity contribution in [2.24, 2.45) is 5.92 Å². The van der Waals surface area contributed by atoms with Crippen LogP contribution in [0.5, 0.6) is 0 Å². The first-order chi connectivity index (χ1) is 17.9. The smallest absolute Gasteiger partial charge is 0.407 e. The number of ether oxygens (including phenoxy) is 1. The first-order valence-corrected chi connectivity index (χ1v) is 13.7. The van der Waals surface area contributed by atoms with E-state index in [0.717, 1.165) is 45.6 Å². The number of aryl methyl sites for hydroxylation is 2. The van der Waals surface area contributed by atoms with Crippen molar-refractivity contribution in [2.45, 2.75) is 77.7 Å². The molecule has 1 aromatic carbocycles. The van der Waals surface area contributed by atoms with Gasteiger partial charge < -0.3 is 15.2 Å². The number of rotatable bonds is 9. The summed E-state index contributed by atoms with van der Waals surface area (Å²) >= 11 is 1.42. The maximum atomic E-state index is 12.6. The number of aromatic carboxylic acids is 1. The number of hydrogen-bond acceptors (Lipinski definition) is 6. The van der Waals surface area contributed by atoms with Crippen LogP contribution in [0.15, 0.2) is 47.5 Å². The number of aromatic nitrogens is 2. The molecular formula is C30H37N3O4S. The molecule has 8 heteroatoms. The van der Waals surface area contributed by atoms with Crippen molar-refractivity contribution in [2.75, 3.05) is 0 Å². The molecular weight excluding hydrogens is 498 g/mol. The van der Waals surface area contributed by atoms with Crippen LogP contribution in [0.3, 0.4) is 0 Å². The number of carboxylic acids is 1. The highest BCUT2D eigenvalue weighted by Gasteiger charge is 2.23. The van der Waals surface area contributed by atoms with Gasteiger partial charge in [0.2, 0.25) is 0 Å². The van der Waals surface area contributed by atoms with Gasteiger partial charge in [-0.15, -0.1) is 11.8 Å². The van der Waals surface area contributed by atoms with Crippen LogP contribution in [0.25, 0.3) is 11.1 Å². The molecule has 2 N–H and O–H groups in total. The maximum Gasteiger partial charge on any atom is 0.407 e.